The standard InChI is InChI=1S/C45H80O8/c1-4-5-22-28-38(46)32-33-41-40(42(48)34-43(41)49)29-24-20-21-26-31-45(51)53-36-39(47)35-52-44(50)30-25-19-17-15-13-11-9-7-6-8-10-12-14-16-18-23-27-37(2)3/h20,24,32-33,37-42,46-48H,4-19,21-23,25-31,34-36H2,1-3H3/b24-20-,33-32+/t38-,39-,40+,41+,42-/m0/s1. The normalized spacial score (nSPS) is 18.8. The first-order valence-electron chi connectivity index (χ1n) is 21.8. The molecule has 1 saturated carbocycles. The molecule has 0 spiro atoms. The minimum atomic E-state index is -1.05. The highest BCUT2D eigenvalue weighted by Crippen LogP contribution is 2.33. The fourth-order valence-corrected chi connectivity index (χ4v) is 7.08. The molecule has 0 aliphatic heterocycles. The third-order valence-electron chi connectivity index (χ3n) is 10.5. The molecule has 308 valence electrons. The Morgan fingerprint density at radius 2 is 1.19 bits per heavy atom. The molecule has 0 radical (unpaired) electrons. The second-order valence-corrected chi connectivity index (χ2v) is 16.1. The second kappa shape index (κ2) is 33.3. The van der Waals surface area contributed by atoms with E-state index < -0.39 is 30.2 Å². The summed E-state index contributed by atoms with van der Waals surface area (Å²) in [4.78, 5) is 36.5. The van der Waals surface area contributed by atoms with Gasteiger partial charge < -0.3 is 24.8 Å². The van der Waals surface area contributed by atoms with Crippen LogP contribution >= 0.6 is 0 Å². The molecule has 0 unspecified atom stereocenters. The lowest BCUT2D eigenvalue weighted by atomic mass is 9.90. The average molecular weight is 749 g/mol. The fourth-order valence-electron chi connectivity index (χ4n) is 7.08. The van der Waals surface area contributed by atoms with Crippen LogP contribution in [0.2, 0.25) is 0 Å². The van der Waals surface area contributed by atoms with E-state index in [1.807, 2.05) is 12.2 Å². The van der Waals surface area contributed by atoms with Crippen LogP contribution in [-0.2, 0) is 23.9 Å². The van der Waals surface area contributed by atoms with Crippen molar-refractivity contribution < 1.29 is 39.2 Å². The second-order valence-electron chi connectivity index (χ2n) is 16.1. The number of rotatable bonds is 35. The van der Waals surface area contributed by atoms with Gasteiger partial charge in [-0.05, 0) is 38.0 Å². The number of hydrogen-bond donors (Lipinski definition) is 3. The third-order valence-corrected chi connectivity index (χ3v) is 10.5. The number of carbonyl (C=O) groups excluding carboxylic acids is 3. The summed E-state index contributed by atoms with van der Waals surface area (Å²) in [6.45, 7) is 6.34. The van der Waals surface area contributed by atoms with Gasteiger partial charge in [-0.1, -0.05) is 167 Å². The van der Waals surface area contributed by atoms with Gasteiger partial charge in [0.15, 0.2) is 0 Å². The number of esters is 2. The first-order valence-corrected chi connectivity index (χ1v) is 21.8. The van der Waals surface area contributed by atoms with Gasteiger partial charge in [-0.2, -0.15) is 0 Å². The Bertz CT molecular complexity index is 976. The lowest BCUT2D eigenvalue weighted by Gasteiger charge is -2.17. The predicted molar refractivity (Wildman–Crippen MR) is 215 cm³/mol. The van der Waals surface area contributed by atoms with E-state index in [-0.39, 0.29) is 43.7 Å². The highest BCUT2D eigenvalue weighted by molar-refractivity contribution is 5.86. The van der Waals surface area contributed by atoms with E-state index in [9.17, 15) is 29.7 Å². The molecule has 0 aromatic heterocycles. The number of Topliss-reactive ketones (excluding diaryl/α,β-unsaturated/α-hetero) is 1. The highest BCUT2D eigenvalue weighted by atomic mass is 16.6. The van der Waals surface area contributed by atoms with Crippen molar-refractivity contribution in [1.29, 1.82) is 0 Å². The van der Waals surface area contributed by atoms with Gasteiger partial charge >= 0.3 is 11.9 Å². The molecule has 0 saturated heterocycles. The molecule has 0 aromatic rings. The van der Waals surface area contributed by atoms with Gasteiger partial charge in [0.2, 0.25) is 0 Å². The summed E-state index contributed by atoms with van der Waals surface area (Å²) >= 11 is 0. The molecule has 0 amide bonds. The Kier molecular flexibility index (Phi) is 30.8. The first-order chi connectivity index (χ1) is 25.6. The van der Waals surface area contributed by atoms with Crippen molar-refractivity contribution in [2.45, 2.75) is 212 Å². The Hall–Kier alpha value is -2.03. The van der Waals surface area contributed by atoms with Crippen molar-refractivity contribution in [2.24, 2.45) is 17.8 Å². The largest absolute Gasteiger partial charge is 0.463 e. The van der Waals surface area contributed by atoms with Crippen LogP contribution in [-0.4, -0.2) is 64.6 Å². The maximum Gasteiger partial charge on any atom is 0.305 e. The number of aliphatic hydroxyl groups is 3. The molecule has 0 heterocycles. The number of allylic oxidation sites excluding steroid dienone is 3. The fraction of sp³-hybridized carbons (Fsp3) is 0.844. The van der Waals surface area contributed by atoms with E-state index in [0.29, 0.717) is 32.1 Å². The number of hydrogen-bond acceptors (Lipinski definition) is 8. The van der Waals surface area contributed by atoms with Crippen LogP contribution < -0.4 is 0 Å². The van der Waals surface area contributed by atoms with Crippen molar-refractivity contribution >= 4 is 17.7 Å². The van der Waals surface area contributed by atoms with Gasteiger partial charge in [0.25, 0.3) is 0 Å². The zero-order chi connectivity index (χ0) is 38.9. The molecule has 0 bridgehead atoms. The number of aliphatic hydroxyl groups excluding tert-OH is 3. The molecule has 8 nitrogen and oxygen atoms in total. The average Bonchev–Trinajstić information content (AvgIpc) is 3.40. The summed E-state index contributed by atoms with van der Waals surface area (Å²) < 4.78 is 10.3. The SMILES string of the molecule is CCCCC[C@H](O)/C=C/[C@H]1C(=O)C[C@H](O)[C@@H]1C/C=C\CCCC(=O)OC[C@@H](O)COC(=O)CCCCCCCCCCCCCCCCCCC(C)C. The number of ketones is 1. The van der Waals surface area contributed by atoms with Gasteiger partial charge in [0.1, 0.15) is 25.1 Å². The summed E-state index contributed by atoms with van der Waals surface area (Å²) in [5.41, 5.74) is 0. The van der Waals surface area contributed by atoms with Crippen molar-refractivity contribution in [1.82, 2.24) is 0 Å². The number of ether oxygens (including phenoxy) is 2. The zero-order valence-corrected chi connectivity index (χ0v) is 34.2. The third kappa shape index (κ3) is 28.1. The van der Waals surface area contributed by atoms with Crippen LogP contribution in [0.4, 0.5) is 0 Å². The number of carbonyl (C=O) groups is 3. The van der Waals surface area contributed by atoms with Crippen molar-refractivity contribution in [3.05, 3.63) is 24.3 Å². The first kappa shape index (κ1) is 49.0. The van der Waals surface area contributed by atoms with Gasteiger partial charge in [-0.3, -0.25) is 14.4 Å². The van der Waals surface area contributed by atoms with Crippen LogP contribution in [0.3, 0.4) is 0 Å². The zero-order valence-electron chi connectivity index (χ0n) is 34.2. The van der Waals surface area contributed by atoms with E-state index >= 15 is 0 Å². The minimum absolute atomic E-state index is 0.00298. The Morgan fingerprint density at radius 3 is 1.72 bits per heavy atom. The highest BCUT2D eigenvalue weighted by Gasteiger charge is 2.39. The Balaban J connectivity index is 1.98. The Labute approximate surface area is 324 Å². The van der Waals surface area contributed by atoms with Crippen LogP contribution in [0, 0.1) is 17.8 Å². The van der Waals surface area contributed by atoms with Gasteiger partial charge in [0, 0.05) is 31.1 Å². The minimum Gasteiger partial charge on any atom is -0.463 e. The van der Waals surface area contributed by atoms with E-state index in [4.69, 9.17) is 9.47 Å². The van der Waals surface area contributed by atoms with E-state index in [1.165, 1.54) is 89.9 Å². The maximum absolute atomic E-state index is 12.4. The molecule has 8 heteroatoms. The lowest BCUT2D eigenvalue weighted by Crippen LogP contribution is -2.25. The molecule has 1 aliphatic carbocycles. The molecule has 0 aromatic carbocycles. The molecule has 1 aliphatic rings. The number of unbranched alkanes of at least 4 members (excludes halogenated alkanes) is 18. The maximum atomic E-state index is 12.4. The topological polar surface area (TPSA) is 130 Å². The van der Waals surface area contributed by atoms with Gasteiger partial charge in [-0.25, -0.2) is 0 Å². The molecular weight excluding hydrogens is 668 g/mol. The molecule has 1 fully saturated rings. The summed E-state index contributed by atoms with van der Waals surface area (Å²) in [5.74, 6) is -0.509. The Morgan fingerprint density at radius 1 is 0.698 bits per heavy atom. The summed E-state index contributed by atoms with van der Waals surface area (Å²) in [6.07, 6.45) is 33.2. The van der Waals surface area contributed by atoms with Crippen molar-refractivity contribution in [3.63, 3.8) is 0 Å². The van der Waals surface area contributed by atoms with E-state index in [1.54, 1.807) is 12.2 Å². The molecule has 1 rings (SSSR count). The van der Waals surface area contributed by atoms with Crippen molar-refractivity contribution in [2.75, 3.05) is 13.2 Å². The quantitative estimate of drug-likeness (QED) is 0.0332. The smallest absolute Gasteiger partial charge is 0.305 e. The van der Waals surface area contributed by atoms with Gasteiger partial charge in [-0.15, -0.1) is 0 Å². The molecule has 5 atom stereocenters. The molecule has 3 N–H and O–H groups in total. The van der Waals surface area contributed by atoms with Crippen LogP contribution in [0.15, 0.2) is 24.3 Å². The van der Waals surface area contributed by atoms with Crippen LogP contribution in [0.1, 0.15) is 194 Å². The summed E-state index contributed by atoms with van der Waals surface area (Å²) in [5, 5.41) is 30.6. The van der Waals surface area contributed by atoms with Crippen LogP contribution in [0.25, 0.3) is 0 Å². The molecular formula is C45H80O8. The lowest BCUT2D eigenvalue weighted by molar-refractivity contribution is -0.152. The summed E-state index contributed by atoms with van der Waals surface area (Å²) in [7, 11) is 0. The summed E-state index contributed by atoms with van der Waals surface area (Å²) in [6, 6.07) is 0. The van der Waals surface area contributed by atoms with Gasteiger partial charge in [0.05, 0.1) is 12.2 Å². The molecule has 53 heavy (non-hydrogen) atoms. The monoisotopic (exact) mass is 749 g/mol. The predicted octanol–water partition coefficient (Wildman–Crippen LogP) is 10.3. The van der Waals surface area contributed by atoms with Crippen molar-refractivity contribution in [3.8, 4) is 0 Å². The van der Waals surface area contributed by atoms with E-state index in [2.05, 4.69) is 20.8 Å². The van der Waals surface area contributed by atoms with E-state index in [0.717, 1.165) is 44.4 Å². The van der Waals surface area contributed by atoms with Crippen LogP contribution in [0.5, 0.6) is 0 Å².